The van der Waals surface area contributed by atoms with Gasteiger partial charge < -0.3 is 26.6 Å². The van der Waals surface area contributed by atoms with E-state index in [0.717, 1.165) is 78.8 Å². The number of ketones is 2. The van der Waals surface area contributed by atoms with Crippen LogP contribution in [0.1, 0.15) is 81.5 Å². The number of fused-ring (bicyclic) bond motifs is 2. The number of Topliss-reactive ketones (excluding diaryl/α,β-unsaturated/α-hetero) is 2. The summed E-state index contributed by atoms with van der Waals surface area (Å²) in [5.74, 6) is -0.00389. The first-order chi connectivity index (χ1) is 21.7. The number of amides is 2. The van der Waals surface area contributed by atoms with E-state index in [4.69, 9.17) is 5.73 Å². The number of rotatable bonds is 8. The van der Waals surface area contributed by atoms with Gasteiger partial charge in [0.25, 0.3) is 0 Å². The normalized spacial score (nSPS) is 15.6. The lowest BCUT2D eigenvalue weighted by Crippen LogP contribution is -2.44. The molecule has 0 aromatic carbocycles. The van der Waals surface area contributed by atoms with Crippen LogP contribution in [0, 0.1) is 0 Å². The number of aryl methyl sites for hydroxylation is 2. The number of anilines is 2. The molecule has 0 spiro atoms. The van der Waals surface area contributed by atoms with Crippen LogP contribution in [0.3, 0.4) is 0 Å². The summed E-state index contributed by atoms with van der Waals surface area (Å²) in [5, 5.41) is 20.9. The molecular formula is C32H47N11O3. The number of nitrogens with one attached hydrogen (secondary N) is 3. The summed E-state index contributed by atoms with van der Waals surface area (Å²) in [4.78, 5) is 45.6. The molecule has 0 aliphatic carbocycles. The second-order valence-electron chi connectivity index (χ2n) is 11.5. The minimum atomic E-state index is -0.381. The van der Waals surface area contributed by atoms with Crippen molar-refractivity contribution in [2.75, 3.05) is 36.8 Å². The lowest BCUT2D eigenvalue weighted by molar-refractivity contribution is 0.100. The number of hydrogen-bond acceptors (Lipinski definition) is 10. The standard InChI is InChI=1S/C16H22N6O2.C15H21N5O.CH4/c1-3-22-15-13(9-19-22)14(12(8-18-15)10(2)23)20-11-4-6-21(7-5-11)16(17)24;1-3-20-15-13(9-18-20)14(12(8-17-15)10(2)21)19-11-4-6-16-7-5-11;/h8-9,11H,3-7H2,1-2H3,(H2,17,24)(H,18,20);8-9,11,16H,3-7H2,1-2H3,(H,17,19);1H4. The van der Waals surface area contributed by atoms with Crippen LogP contribution < -0.4 is 21.7 Å². The van der Waals surface area contributed by atoms with Gasteiger partial charge in [0, 0.05) is 50.7 Å². The molecule has 14 nitrogen and oxygen atoms in total. The van der Waals surface area contributed by atoms with E-state index in [-0.39, 0.29) is 31.1 Å². The van der Waals surface area contributed by atoms with Crippen molar-refractivity contribution in [1.82, 2.24) is 39.7 Å². The molecule has 4 aromatic rings. The van der Waals surface area contributed by atoms with E-state index in [1.54, 1.807) is 35.1 Å². The Balaban J connectivity index is 0.000000206. The third-order valence-corrected chi connectivity index (χ3v) is 8.53. The Morgan fingerprint density at radius 3 is 1.61 bits per heavy atom. The van der Waals surface area contributed by atoms with Gasteiger partial charge in [-0.3, -0.25) is 9.59 Å². The number of likely N-dealkylation sites (tertiary alicyclic amines) is 1. The van der Waals surface area contributed by atoms with Gasteiger partial charge in [-0.05, 0) is 66.5 Å². The van der Waals surface area contributed by atoms with Crippen molar-refractivity contribution in [3.8, 4) is 0 Å². The maximum absolute atomic E-state index is 12.0. The van der Waals surface area contributed by atoms with Gasteiger partial charge >= 0.3 is 6.03 Å². The van der Waals surface area contributed by atoms with Crippen molar-refractivity contribution in [1.29, 1.82) is 0 Å². The molecule has 14 heteroatoms. The Labute approximate surface area is 269 Å². The summed E-state index contributed by atoms with van der Waals surface area (Å²) >= 11 is 0. The van der Waals surface area contributed by atoms with Crippen LogP contribution in [0.2, 0.25) is 0 Å². The van der Waals surface area contributed by atoms with Gasteiger partial charge in [-0.1, -0.05) is 7.43 Å². The smallest absolute Gasteiger partial charge is 0.314 e. The number of nitrogens with two attached hydrogens (primary N) is 1. The Hall–Kier alpha value is -4.59. The molecule has 46 heavy (non-hydrogen) atoms. The molecule has 2 aliphatic heterocycles. The first kappa shape index (κ1) is 34.3. The van der Waals surface area contributed by atoms with Crippen LogP contribution in [-0.4, -0.2) is 90.3 Å². The lowest BCUT2D eigenvalue weighted by Gasteiger charge is -2.32. The van der Waals surface area contributed by atoms with Crippen LogP contribution in [0.5, 0.6) is 0 Å². The molecule has 0 bridgehead atoms. The van der Waals surface area contributed by atoms with E-state index in [0.29, 0.717) is 36.8 Å². The molecule has 0 radical (unpaired) electrons. The van der Waals surface area contributed by atoms with Crippen molar-refractivity contribution in [3.63, 3.8) is 0 Å². The lowest BCUT2D eigenvalue weighted by atomic mass is 10.0. The first-order valence-electron chi connectivity index (χ1n) is 15.7. The average molecular weight is 634 g/mol. The highest BCUT2D eigenvalue weighted by Gasteiger charge is 2.24. The molecule has 4 aromatic heterocycles. The molecule has 0 atom stereocenters. The largest absolute Gasteiger partial charge is 0.381 e. The molecule has 2 amide bonds. The van der Waals surface area contributed by atoms with Gasteiger partial charge in [-0.15, -0.1) is 0 Å². The fraction of sp³-hybridized carbons (Fsp3) is 0.531. The Bertz CT molecular complexity index is 1680. The van der Waals surface area contributed by atoms with Crippen molar-refractivity contribution in [3.05, 3.63) is 35.9 Å². The molecule has 248 valence electrons. The number of urea groups is 1. The van der Waals surface area contributed by atoms with Crippen LogP contribution in [0.4, 0.5) is 16.2 Å². The summed E-state index contributed by atoms with van der Waals surface area (Å²) in [5.41, 5.74) is 9.81. The zero-order chi connectivity index (χ0) is 32.1. The molecule has 0 unspecified atom stereocenters. The van der Waals surface area contributed by atoms with E-state index in [9.17, 15) is 14.4 Å². The van der Waals surface area contributed by atoms with E-state index in [1.807, 2.05) is 24.7 Å². The quantitative estimate of drug-likeness (QED) is 0.207. The minimum absolute atomic E-state index is 0. The Morgan fingerprint density at radius 1 is 0.783 bits per heavy atom. The third kappa shape index (κ3) is 7.27. The van der Waals surface area contributed by atoms with E-state index in [1.165, 1.54) is 6.92 Å². The second kappa shape index (κ2) is 15.1. The topological polar surface area (TPSA) is 178 Å². The van der Waals surface area contributed by atoms with Gasteiger partial charge in [0.2, 0.25) is 0 Å². The summed E-state index contributed by atoms with van der Waals surface area (Å²) in [6.07, 6.45) is 10.5. The van der Waals surface area contributed by atoms with Crippen molar-refractivity contribution in [2.45, 2.75) is 86.0 Å². The van der Waals surface area contributed by atoms with E-state index >= 15 is 0 Å². The fourth-order valence-electron chi connectivity index (χ4n) is 5.98. The maximum Gasteiger partial charge on any atom is 0.314 e. The molecule has 6 heterocycles. The predicted octanol–water partition coefficient (Wildman–Crippen LogP) is 4.06. The third-order valence-electron chi connectivity index (χ3n) is 8.53. The number of nitrogens with zero attached hydrogens (tertiary/aromatic N) is 7. The molecule has 2 aliphatic rings. The summed E-state index contributed by atoms with van der Waals surface area (Å²) < 4.78 is 3.66. The number of piperidine rings is 2. The van der Waals surface area contributed by atoms with E-state index < -0.39 is 0 Å². The zero-order valence-corrected chi connectivity index (χ0v) is 26.5. The van der Waals surface area contributed by atoms with Gasteiger partial charge in [-0.25, -0.2) is 24.1 Å². The Morgan fingerprint density at radius 2 is 1.22 bits per heavy atom. The number of carbonyl (C=O) groups excluding carboxylic acids is 3. The highest BCUT2D eigenvalue weighted by molar-refractivity contribution is 6.07. The summed E-state index contributed by atoms with van der Waals surface area (Å²) in [7, 11) is 0. The minimum Gasteiger partial charge on any atom is -0.381 e. The van der Waals surface area contributed by atoms with Crippen molar-refractivity contribution >= 4 is 51.0 Å². The molecule has 5 N–H and O–H groups in total. The number of primary amides is 1. The maximum atomic E-state index is 12.0. The van der Waals surface area contributed by atoms with Gasteiger partial charge in [-0.2, -0.15) is 10.2 Å². The highest BCUT2D eigenvalue weighted by Crippen LogP contribution is 2.30. The number of carbonyl (C=O) groups is 3. The molecule has 2 saturated heterocycles. The molecule has 6 rings (SSSR count). The average Bonchev–Trinajstić information content (AvgIpc) is 3.66. The molecule has 0 saturated carbocycles. The van der Waals surface area contributed by atoms with E-state index in [2.05, 4.69) is 36.1 Å². The fourth-order valence-corrected chi connectivity index (χ4v) is 5.98. The summed E-state index contributed by atoms with van der Waals surface area (Å²) in [6, 6.07) is 0.183. The molecule has 2 fully saturated rings. The Kier molecular flexibility index (Phi) is 11.3. The van der Waals surface area contributed by atoms with Crippen molar-refractivity contribution in [2.24, 2.45) is 5.73 Å². The van der Waals surface area contributed by atoms with Crippen molar-refractivity contribution < 1.29 is 14.4 Å². The first-order valence-corrected chi connectivity index (χ1v) is 15.7. The van der Waals surface area contributed by atoms with Crippen LogP contribution in [0.15, 0.2) is 24.8 Å². The highest BCUT2D eigenvalue weighted by atomic mass is 16.2. The van der Waals surface area contributed by atoms with Crippen LogP contribution >= 0.6 is 0 Å². The number of hydrogen-bond donors (Lipinski definition) is 4. The predicted molar refractivity (Wildman–Crippen MR) is 180 cm³/mol. The summed E-state index contributed by atoms with van der Waals surface area (Å²) in [6.45, 7) is 11.9. The van der Waals surface area contributed by atoms with Crippen LogP contribution in [-0.2, 0) is 13.1 Å². The van der Waals surface area contributed by atoms with Crippen LogP contribution in [0.25, 0.3) is 22.1 Å². The van der Waals surface area contributed by atoms with Gasteiger partial charge in [0.05, 0.1) is 45.7 Å². The SMILES string of the molecule is C.CCn1ncc2c(NC3CCN(C(N)=O)CC3)c(C(C)=O)cnc21.CCn1ncc2c(NC3CCNCC3)c(C(C)=O)cnc21. The molecular weight excluding hydrogens is 586 g/mol. The van der Waals surface area contributed by atoms with Gasteiger partial charge in [0.15, 0.2) is 22.9 Å². The zero-order valence-electron chi connectivity index (χ0n) is 26.5. The second-order valence-corrected chi connectivity index (χ2v) is 11.5. The number of pyridine rings is 2. The monoisotopic (exact) mass is 633 g/mol. The number of aromatic nitrogens is 6. The van der Waals surface area contributed by atoms with Gasteiger partial charge in [0.1, 0.15) is 0 Å².